The molecule has 11 heteroatoms. The Labute approximate surface area is 187 Å². The van der Waals surface area contributed by atoms with Gasteiger partial charge in [0.1, 0.15) is 5.82 Å². The van der Waals surface area contributed by atoms with Crippen LogP contribution in [0.2, 0.25) is 0 Å². The second-order valence-corrected chi connectivity index (χ2v) is 10.3. The van der Waals surface area contributed by atoms with Crippen LogP contribution in [0.25, 0.3) is 10.7 Å². The summed E-state index contributed by atoms with van der Waals surface area (Å²) in [5.74, 6) is 2.05. The fourth-order valence-corrected chi connectivity index (χ4v) is 3.81. The lowest BCUT2D eigenvalue weighted by Crippen LogP contribution is -2.26. The van der Waals surface area contributed by atoms with Gasteiger partial charge in [-0.1, -0.05) is 0 Å². The lowest BCUT2D eigenvalue weighted by Gasteiger charge is -2.06. The molecule has 1 aliphatic rings. The van der Waals surface area contributed by atoms with Gasteiger partial charge in [-0.25, -0.2) is 9.97 Å². The maximum atomic E-state index is 11.0. The van der Waals surface area contributed by atoms with E-state index in [0.29, 0.717) is 33.9 Å². The molecule has 1 atom stereocenters. The predicted molar refractivity (Wildman–Crippen MR) is 125 cm³/mol. The number of rotatable bonds is 6. The van der Waals surface area contributed by atoms with Gasteiger partial charge < -0.3 is 20.7 Å². The van der Waals surface area contributed by atoms with Gasteiger partial charge in [0.2, 0.25) is 0 Å². The number of hydrogen-bond acceptors (Lipinski definition) is 9. The number of nitrogens with one attached hydrogen (secondary N) is 2. The van der Waals surface area contributed by atoms with Crippen LogP contribution in [0.1, 0.15) is 56.6 Å². The molecular weight excluding hydrogens is 424 g/mol. The van der Waals surface area contributed by atoms with Crippen molar-refractivity contribution >= 4 is 34.1 Å². The molecule has 0 bridgehead atoms. The number of nitrogens with zero attached hydrogens (tertiary/aromatic N) is 3. The molecule has 5 N–H and O–H groups in total. The van der Waals surface area contributed by atoms with Crippen LogP contribution in [0.4, 0.5) is 11.6 Å². The SMILES string of the molecule is CC(C)(C)N.O=S([O-])c1ccc(-c2nc(CO)cc(Nc3cc(C4CC4)[nH]n3)n2)s1.[HH].[HH].[HH].[HH]. The van der Waals surface area contributed by atoms with E-state index < -0.39 is 11.1 Å². The van der Waals surface area contributed by atoms with Crippen molar-refractivity contribution in [2.75, 3.05) is 5.32 Å². The molecule has 1 unspecified atom stereocenters. The van der Waals surface area contributed by atoms with Crippen LogP contribution in [0.15, 0.2) is 28.5 Å². The van der Waals surface area contributed by atoms with Gasteiger partial charge in [-0.2, -0.15) is 5.10 Å². The third-order valence-corrected chi connectivity index (χ3v) is 5.78. The second kappa shape index (κ2) is 9.31. The lowest BCUT2D eigenvalue weighted by atomic mass is 10.1. The third kappa shape index (κ3) is 6.67. The summed E-state index contributed by atoms with van der Waals surface area (Å²) < 4.78 is 22.3. The molecule has 3 aromatic heterocycles. The maximum Gasteiger partial charge on any atom is 0.171 e. The highest BCUT2D eigenvalue weighted by Crippen LogP contribution is 2.39. The number of H-pyrrole nitrogens is 1. The molecule has 1 saturated carbocycles. The van der Waals surface area contributed by atoms with Crippen LogP contribution in [0, 0.1) is 0 Å². The van der Waals surface area contributed by atoms with Crippen LogP contribution in [-0.4, -0.2) is 39.6 Å². The van der Waals surface area contributed by atoms with Gasteiger partial charge in [0.25, 0.3) is 0 Å². The number of hydrogen-bond donors (Lipinski definition) is 4. The molecule has 0 spiro atoms. The van der Waals surface area contributed by atoms with E-state index in [4.69, 9.17) is 5.73 Å². The molecule has 4 rings (SSSR count). The number of aliphatic hydroxyl groups excluding tert-OH is 1. The molecule has 1 fully saturated rings. The maximum absolute atomic E-state index is 11.0. The van der Waals surface area contributed by atoms with Crippen molar-refractivity contribution < 1.29 is 19.6 Å². The van der Waals surface area contributed by atoms with Crippen LogP contribution < -0.4 is 11.1 Å². The van der Waals surface area contributed by atoms with Gasteiger partial charge in [0, 0.05) is 35.0 Å². The standard InChI is InChI=1S/C15H15N5O3S2.C4H11N.4H2/c21-7-9-5-12(17-13-6-10(19-20-13)8-1-2-8)18-15(16-9)11-3-4-14(24-11)25(22)23;1-4(2,3)5;;;;/h3-6,8,21H,1-2,7H2,(H,22,23)(H2,16,17,18,19,20);5H2,1-3H3;4*1H/p-1. The van der Waals surface area contributed by atoms with Crippen molar-refractivity contribution in [2.24, 2.45) is 5.73 Å². The van der Waals surface area contributed by atoms with E-state index in [-0.39, 0.29) is 22.1 Å². The first-order chi connectivity index (χ1) is 14.1. The molecule has 9 nitrogen and oxygen atoms in total. The van der Waals surface area contributed by atoms with Crippen molar-refractivity contribution in [1.82, 2.24) is 20.2 Å². The first-order valence-electron chi connectivity index (χ1n) is 9.42. The van der Waals surface area contributed by atoms with E-state index in [1.807, 2.05) is 26.8 Å². The van der Waals surface area contributed by atoms with Gasteiger partial charge in [-0.15, -0.1) is 11.3 Å². The first kappa shape index (κ1) is 22.5. The fourth-order valence-electron chi connectivity index (χ4n) is 2.42. The van der Waals surface area contributed by atoms with Crippen LogP contribution in [-0.2, 0) is 17.7 Å². The average Bonchev–Trinajstić information content (AvgIpc) is 3.19. The van der Waals surface area contributed by atoms with E-state index in [0.717, 1.165) is 17.0 Å². The quantitative estimate of drug-likeness (QED) is 0.405. The molecule has 170 valence electrons. The normalized spacial score (nSPS) is 14.7. The van der Waals surface area contributed by atoms with Gasteiger partial charge in [0.15, 0.2) is 11.6 Å². The molecule has 30 heavy (non-hydrogen) atoms. The van der Waals surface area contributed by atoms with Crippen LogP contribution >= 0.6 is 11.3 Å². The summed E-state index contributed by atoms with van der Waals surface area (Å²) in [7, 11) is 0. The third-order valence-electron chi connectivity index (χ3n) is 3.78. The fraction of sp³-hybridized carbons (Fsp3) is 0.421. The Morgan fingerprint density at radius 2 is 2.03 bits per heavy atom. The van der Waals surface area contributed by atoms with E-state index >= 15 is 0 Å². The zero-order valence-corrected chi connectivity index (χ0v) is 18.6. The smallest absolute Gasteiger partial charge is 0.171 e. The summed E-state index contributed by atoms with van der Waals surface area (Å²) >= 11 is -1.21. The number of aromatic amines is 1. The summed E-state index contributed by atoms with van der Waals surface area (Å²) in [5, 5.41) is 19.8. The predicted octanol–water partition coefficient (Wildman–Crippen LogP) is 4.01. The highest BCUT2D eigenvalue weighted by atomic mass is 32.2. The largest absolute Gasteiger partial charge is 0.768 e. The Morgan fingerprint density at radius 3 is 2.60 bits per heavy atom. The van der Waals surface area contributed by atoms with Crippen molar-refractivity contribution in [3.63, 3.8) is 0 Å². The minimum absolute atomic E-state index is 0. The summed E-state index contributed by atoms with van der Waals surface area (Å²) in [4.78, 5) is 9.28. The molecule has 0 radical (unpaired) electrons. The van der Waals surface area contributed by atoms with Crippen molar-refractivity contribution in [2.45, 2.75) is 55.9 Å². The highest BCUT2D eigenvalue weighted by Gasteiger charge is 2.25. The zero-order chi connectivity index (χ0) is 21.9. The number of nitrogens with two attached hydrogens (primary N) is 1. The monoisotopic (exact) mass is 457 g/mol. The molecule has 3 heterocycles. The minimum Gasteiger partial charge on any atom is -0.768 e. The van der Waals surface area contributed by atoms with Crippen molar-refractivity contribution in [1.29, 1.82) is 0 Å². The Morgan fingerprint density at radius 1 is 1.33 bits per heavy atom. The van der Waals surface area contributed by atoms with Crippen LogP contribution in [0.5, 0.6) is 0 Å². The molecule has 1 aliphatic carbocycles. The first-order valence-corrected chi connectivity index (χ1v) is 11.3. The van der Waals surface area contributed by atoms with E-state index in [2.05, 4.69) is 25.5 Å². The molecular formula is C19H33N6O3S2-. The summed E-state index contributed by atoms with van der Waals surface area (Å²) in [6.07, 6.45) is 2.35. The van der Waals surface area contributed by atoms with E-state index in [1.165, 1.54) is 18.9 Å². The molecule has 0 aliphatic heterocycles. The number of aliphatic hydroxyl groups is 1. The second-order valence-electron chi connectivity index (χ2n) is 8.05. The molecule has 3 aromatic rings. The molecule has 0 aromatic carbocycles. The van der Waals surface area contributed by atoms with Gasteiger partial charge in [0.05, 0.1) is 21.4 Å². The van der Waals surface area contributed by atoms with Crippen molar-refractivity contribution in [3.8, 4) is 10.7 Å². The Balaban J connectivity index is 0. The Bertz CT molecular complexity index is 1040. The van der Waals surface area contributed by atoms with Gasteiger partial charge in [-0.3, -0.25) is 9.31 Å². The Hall–Kier alpha value is -2.18. The number of thiophene rings is 1. The van der Waals surface area contributed by atoms with Gasteiger partial charge >= 0.3 is 0 Å². The zero-order valence-electron chi connectivity index (χ0n) is 17.0. The van der Waals surface area contributed by atoms with Gasteiger partial charge in [-0.05, 0) is 56.8 Å². The minimum atomic E-state index is -2.29. The summed E-state index contributed by atoms with van der Waals surface area (Å²) in [6.45, 7) is 5.65. The average molecular weight is 458 g/mol. The number of anilines is 2. The van der Waals surface area contributed by atoms with Crippen LogP contribution in [0.3, 0.4) is 0 Å². The molecule has 0 saturated heterocycles. The van der Waals surface area contributed by atoms with Crippen molar-refractivity contribution in [3.05, 3.63) is 35.7 Å². The number of aromatic nitrogens is 4. The summed E-state index contributed by atoms with van der Waals surface area (Å²) in [5.41, 5.74) is 6.89. The van der Waals surface area contributed by atoms with E-state index in [9.17, 15) is 13.9 Å². The summed E-state index contributed by atoms with van der Waals surface area (Å²) in [6, 6.07) is 6.73. The van der Waals surface area contributed by atoms with E-state index in [1.54, 1.807) is 12.1 Å². The highest BCUT2D eigenvalue weighted by molar-refractivity contribution is 7.81. The topological polar surface area (TPSA) is 153 Å². The lowest BCUT2D eigenvalue weighted by molar-refractivity contribution is 0.277. The molecule has 0 amide bonds. The Kier molecular flexibility index (Phi) is 6.98.